The lowest BCUT2D eigenvalue weighted by Gasteiger charge is -2.38. The minimum atomic E-state index is -1.71. The molecule has 0 fully saturated rings. The first-order chi connectivity index (χ1) is 12.0. The highest BCUT2D eigenvalue weighted by atomic mass is 28.4. The fourth-order valence-corrected chi connectivity index (χ4v) is 4.13. The van der Waals surface area contributed by atoms with Crippen molar-refractivity contribution in [2.75, 3.05) is 6.61 Å². The predicted molar refractivity (Wildman–Crippen MR) is 116 cm³/mol. The molecule has 0 aromatic heterocycles. The lowest BCUT2D eigenvalue weighted by Crippen LogP contribution is -2.42. The molecule has 0 saturated carbocycles. The molecule has 1 nitrogen and oxygen atoms in total. The Morgan fingerprint density at radius 1 is 0.846 bits per heavy atom. The summed E-state index contributed by atoms with van der Waals surface area (Å²) >= 11 is 0. The Morgan fingerprint density at radius 2 is 1.42 bits per heavy atom. The quantitative estimate of drug-likeness (QED) is 0.483. The average Bonchev–Trinajstić information content (AvgIpc) is 2.55. The standard InChI is InChI=1S/C24H36OSi/c1-20-13-15-22(16-14-20)24(5,19-21-11-9-8-10-12-21)17-18-25-26(6,7)23(2,3)4/h8-16H,17-19H2,1-7H3. The first-order valence-corrected chi connectivity index (χ1v) is 12.7. The van der Waals surface area contributed by atoms with E-state index in [1.807, 2.05) is 0 Å². The highest BCUT2D eigenvalue weighted by Crippen LogP contribution is 2.38. The van der Waals surface area contributed by atoms with Crippen LogP contribution in [0.25, 0.3) is 0 Å². The first kappa shape index (κ1) is 20.9. The molecular formula is C24H36OSi. The van der Waals surface area contributed by atoms with Gasteiger partial charge in [-0.15, -0.1) is 0 Å². The van der Waals surface area contributed by atoms with Gasteiger partial charge in [-0.2, -0.15) is 0 Å². The van der Waals surface area contributed by atoms with E-state index >= 15 is 0 Å². The lowest BCUT2D eigenvalue weighted by atomic mass is 9.75. The smallest absolute Gasteiger partial charge is 0.191 e. The van der Waals surface area contributed by atoms with E-state index in [1.165, 1.54) is 16.7 Å². The van der Waals surface area contributed by atoms with Gasteiger partial charge in [-0.05, 0) is 54.4 Å². The fraction of sp³-hybridized carbons (Fsp3) is 0.500. The summed E-state index contributed by atoms with van der Waals surface area (Å²) in [5.74, 6) is 0. The van der Waals surface area contributed by atoms with Gasteiger partial charge in [0.1, 0.15) is 0 Å². The number of rotatable bonds is 7. The summed E-state index contributed by atoms with van der Waals surface area (Å²) in [4.78, 5) is 0. The molecule has 0 aliphatic rings. The monoisotopic (exact) mass is 368 g/mol. The molecule has 142 valence electrons. The van der Waals surface area contributed by atoms with Crippen molar-refractivity contribution in [2.24, 2.45) is 0 Å². The van der Waals surface area contributed by atoms with E-state index in [2.05, 4.69) is 102 Å². The van der Waals surface area contributed by atoms with Gasteiger partial charge >= 0.3 is 0 Å². The first-order valence-electron chi connectivity index (χ1n) is 9.79. The summed E-state index contributed by atoms with van der Waals surface area (Å²) in [6.45, 7) is 17.0. The molecule has 2 aromatic carbocycles. The van der Waals surface area contributed by atoms with Crippen molar-refractivity contribution in [1.29, 1.82) is 0 Å². The molecule has 26 heavy (non-hydrogen) atoms. The fourth-order valence-electron chi connectivity index (χ4n) is 3.09. The zero-order chi connectivity index (χ0) is 19.4. The van der Waals surface area contributed by atoms with Crippen molar-refractivity contribution in [3.63, 3.8) is 0 Å². The third-order valence-electron chi connectivity index (χ3n) is 6.11. The van der Waals surface area contributed by atoms with Crippen molar-refractivity contribution in [1.82, 2.24) is 0 Å². The van der Waals surface area contributed by atoms with E-state index in [0.29, 0.717) is 0 Å². The summed E-state index contributed by atoms with van der Waals surface area (Å²) < 4.78 is 6.51. The Balaban J connectivity index is 2.19. The van der Waals surface area contributed by atoms with Crippen LogP contribution < -0.4 is 0 Å². The van der Waals surface area contributed by atoms with E-state index in [1.54, 1.807) is 0 Å². The molecule has 0 aliphatic heterocycles. The van der Waals surface area contributed by atoms with Gasteiger partial charge in [0.2, 0.25) is 0 Å². The Labute approximate surface area is 161 Å². The average molecular weight is 369 g/mol. The second-order valence-electron chi connectivity index (χ2n) is 9.45. The zero-order valence-corrected chi connectivity index (χ0v) is 18.7. The van der Waals surface area contributed by atoms with Gasteiger partial charge in [-0.1, -0.05) is 87.9 Å². The van der Waals surface area contributed by atoms with Crippen LogP contribution in [0.5, 0.6) is 0 Å². The molecule has 1 unspecified atom stereocenters. The molecule has 0 amide bonds. The minimum absolute atomic E-state index is 0.0808. The van der Waals surface area contributed by atoms with Crippen molar-refractivity contribution >= 4 is 8.32 Å². The topological polar surface area (TPSA) is 9.23 Å². The number of hydrogen-bond acceptors (Lipinski definition) is 1. The third kappa shape index (κ3) is 5.31. The highest BCUT2D eigenvalue weighted by Gasteiger charge is 2.37. The van der Waals surface area contributed by atoms with Crippen LogP contribution in [-0.4, -0.2) is 14.9 Å². The van der Waals surface area contributed by atoms with Crippen LogP contribution in [0.2, 0.25) is 18.1 Å². The predicted octanol–water partition coefficient (Wildman–Crippen LogP) is 6.91. The Morgan fingerprint density at radius 3 is 1.96 bits per heavy atom. The van der Waals surface area contributed by atoms with Crippen LogP contribution in [0.1, 0.15) is 50.8 Å². The Bertz CT molecular complexity index is 682. The van der Waals surface area contributed by atoms with Crippen LogP contribution in [0.4, 0.5) is 0 Å². The molecule has 0 spiro atoms. The summed E-state index contributed by atoms with van der Waals surface area (Å²) in [5, 5.41) is 0.257. The second-order valence-corrected chi connectivity index (χ2v) is 14.3. The molecule has 0 radical (unpaired) electrons. The number of aryl methyl sites for hydroxylation is 1. The second kappa shape index (κ2) is 8.10. The molecule has 0 saturated heterocycles. The largest absolute Gasteiger partial charge is 0.417 e. The lowest BCUT2D eigenvalue weighted by molar-refractivity contribution is 0.243. The molecule has 0 N–H and O–H groups in total. The van der Waals surface area contributed by atoms with Gasteiger partial charge in [-0.25, -0.2) is 0 Å². The van der Waals surface area contributed by atoms with E-state index in [4.69, 9.17) is 4.43 Å². The maximum Gasteiger partial charge on any atom is 0.191 e. The number of benzene rings is 2. The Kier molecular flexibility index (Phi) is 6.52. The highest BCUT2D eigenvalue weighted by molar-refractivity contribution is 6.74. The summed E-state index contributed by atoms with van der Waals surface area (Å²) in [6.07, 6.45) is 2.08. The zero-order valence-electron chi connectivity index (χ0n) is 17.7. The maximum atomic E-state index is 6.51. The van der Waals surface area contributed by atoms with Gasteiger partial charge in [-0.3, -0.25) is 0 Å². The van der Waals surface area contributed by atoms with E-state index in [-0.39, 0.29) is 10.5 Å². The SMILES string of the molecule is Cc1ccc(C(C)(CCO[Si](C)(C)C(C)(C)C)Cc2ccccc2)cc1. The Hall–Kier alpha value is -1.38. The molecule has 0 aliphatic carbocycles. The molecule has 1 atom stereocenters. The molecule has 2 rings (SSSR count). The van der Waals surface area contributed by atoms with Crippen LogP contribution in [0, 0.1) is 6.92 Å². The maximum absolute atomic E-state index is 6.51. The van der Waals surface area contributed by atoms with Crippen LogP contribution >= 0.6 is 0 Å². The van der Waals surface area contributed by atoms with E-state index in [9.17, 15) is 0 Å². The molecule has 0 heterocycles. The van der Waals surface area contributed by atoms with E-state index < -0.39 is 8.32 Å². The van der Waals surface area contributed by atoms with Crippen LogP contribution in [0.3, 0.4) is 0 Å². The molecular weight excluding hydrogens is 332 g/mol. The summed E-state index contributed by atoms with van der Waals surface area (Å²) in [6, 6.07) is 19.9. The van der Waals surface area contributed by atoms with Crippen molar-refractivity contribution in [3.05, 3.63) is 71.3 Å². The van der Waals surface area contributed by atoms with Crippen molar-refractivity contribution in [2.45, 2.75) is 71.0 Å². The molecule has 2 aromatic rings. The van der Waals surface area contributed by atoms with Gasteiger partial charge in [0.25, 0.3) is 0 Å². The molecule has 0 bridgehead atoms. The van der Waals surface area contributed by atoms with Crippen LogP contribution in [-0.2, 0) is 16.3 Å². The van der Waals surface area contributed by atoms with E-state index in [0.717, 1.165) is 19.4 Å². The van der Waals surface area contributed by atoms with Crippen molar-refractivity contribution < 1.29 is 4.43 Å². The third-order valence-corrected chi connectivity index (χ3v) is 10.6. The number of hydrogen-bond donors (Lipinski definition) is 0. The van der Waals surface area contributed by atoms with Gasteiger partial charge < -0.3 is 4.43 Å². The van der Waals surface area contributed by atoms with Gasteiger partial charge in [0.15, 0.2) is 8.32 Å². The van der Waals surface area contributed by atoms with Gasteiger partial charge in [0.05, 0.1) is 0 Å². The van der Waals surface area contributed by atoms with Gasteiger partial charge in [0, 0.05) is 6.61 Å². The minimum Gasteiger partial charge on any atom is -0.417 e. The van der Waals surface area contributed by atoms with Crippen LogP contribution in [0.15, 0.2) is 54.6 Å². The molecule has 2 heteroatoms. The summed E-state index contributed by atoms with van der Waals surface area (Å²) in [7, 11) is -1.71. The summed E-state index contributed by atoms with van der Waals surface area (Å²) in [5.41, 5.74) is 4.19. The normalized spacial score (nSPS) is 14.9. The van der Waals surface area contributed by atoms with Crippen molar-refractivity contribution in [3.8, 4) is 0 Å².